The van der Waals surface area contributed by atoms with Crippen molar-refractivity contribution in [1.29, 1.82) is 0 Å². The first-order valence-electron chi connectivity index (χ1n) is 12.7. The lowest BCUT2D eigenvalue weighted by molar-refractivity contribution is -0.119. The van der Waals surface area contributed by atoms with Crippen LogP contribution in [0.15, 0.2) is 39.9 Å². The number of anilines is 1. The lowest BCUT2D eigenvalue weighted by atomic mass is 10.1. The summed E-state index contributed by atoms with van der Waals surface area (Å²) in [7, 11) is 0. The maximum atomic E-state index is 13.4. The van der Waals surface area contributed by atoms with Crippen LogP contribution in [-0.4, -0.2) is 32.9 Å². The molecule has 1 saturated carbocycles. The second-order valence-corrected chi connectivity index (χ2v) is 10.2. The smallest absolute Gasteiger partial charge is 0.330 e. The Balaban J connectivity index is 1.47. The molecule has 2 aliphatic rings. The molecule has 3 heterocycles. The first kappa shape index (κ1) is 24.0. The number of H-pyrrole nitrogens is 1. The van der Waals surface area contributed by atoms with Crippen LogP contribution >= 0.6 is 0 Å². The van der Waals surface area contributed by atoms with E-state index in [-0.39, 0.29) is 40.9 Å². The summed E-state index contributed by atoms with van der Waals surface area (Å²) in [6, 6.07) is 9.28. The second kappa shape index (κ2) is 9.72. The van der Waals surface area contributed by atoms with Crippen LogP contribution in [0.2, 0.25) is 0 Å². The number of piperidine rings is 1. The molecule has 2 aromatic heterocycles. The summed E-state index contributed by atoms with van der Waals surface area (Å²) < 4.78 is 1.46. The first-order chi connectivity index (χ1) is 17.3. The Morgan fingerprint density at radius 3 is 2.69 bits per heavy atom. The van der Waals surface area contributed by atoms with Crippen molar-refractivity contribution in [2.45, 2.75) is 65.0 Å². The van der Waals surface area contributed by atoms with Crippen LogP contribution in [0, 0.1) is 5.92 Å². The molecule has 36 heavy (non-hydrogen) atoms. The van der Waals surface area contributed by atoms with Crippen molar-refractivity contribution in [3.8, 4) is 0 Å². The fraction of sp³-hybridized carbons (Fsp3) is 0.444. The van der Waals surface area contributed by atoms with Gasteiger partial charge in [-0.05, 0) is 55.4 Å². The Morgan fingerprint density at radius 1 is 1.17 bits per heavy atom. The number of rotatable bonds is 7. The zero-order valence-electron chi connectivity index (χ0n) is 20.7. The number of pyridine rings is 1. The van der Waals surface area contributed by atoms with Crippen molar-refractivity contribution < 1.29 is 9.59 Å². The van der Waals surface area contributed by atoms with E-state index in [0.717, 1.165) is 42.6 Å². The van der Waals surface area contributed by atoms with Crippen LogP contribution in [0.3, 0.4) is 0 Å². The predicted molar refractivity (Wildman–Crippen MR) is 137 cm³/mol. The number of aromatic amines is 1. The largest absolute Gasteiger partial charge is 0.348 e. The van der Waals surface area contributed by atoms with Gasteiger partial charge in [0.2, 0.25) is 5.91 Å². The number of carbonyl (C=O) groups excluding carboxylic acids is 2. The van der Waals surface area contributed by atoms with E-state index < -0.39 is 17.2 Å². The summed E-state index contributed by atoms with van der Waals surface area (Å²) in [5.74, 6) is 0.107. The Hall–Kier alpha value is -3.75. The Labute approximate surface area is 208 Å². The third-order valence-electron chi connectivity index (χ3n) is 6.76. The minimum absolute atomic E-state index is 0.116. The molecule has 2 N–H and O–H groups in total. The molecule has 188 valence electrons. The van der Waals surface area contributed by atoms with E-state index in [9.17, 15) is 19.2 Å². The number of aromatic nitrogens is 3. The van der Waals surface area contributed by atoms with Crippen molar-refractivity contribution in [3.05, 3.63) is 68.0 Å². The molecule has 2 amide bonds. The van der Waals surface area contributed by atoms with Crippen LogP contribution < -0.4 is 21.5 Å². The molecule has 9 nitrogen and oxygen atoms in total. The van der Waals surface area contributed by atoms with Gasteiger partial charge in [-0.1, -0.05) is 26.0 Å². The Kier molecular flexibility index (Phi) is 6.47. The quantitative estimate of drug-likeness (QED) is 0.529. The minimum atomic E-state index is -0.611. The third kappa shape index (κ3) is 4.82. The number of fused-ring (bicyclic) bond motifs is 1. The van der Waals surface area contributed by atoms with E-state index in [2.05, 4.69) is 15.3 Å². The van der Waals surface area contributed by atoms with Crippen LogP contribution in [0.1, 0.15) is 73.5 Å². The maximum Gasteiger partial charge on any atom is 0.330 e. The van der Waals surface area contributed by atoms with Gasteiger partial charge >= 0.3 is 5.69 Å². The summed E-state index contributed by atoms with van der Waals surface area (Å²) in [6.45, 7) is 5.28. The van der Waals surface area contributed by atoms with Crippen molar-refractivity contribution in [2.75, 3.05) is 11.4 Å². The average molecular weight is 490 g/mol. The average Bonchev–Trinajstić information content (AvgIpc) is 3.70. The predicted octanol–water partition coefficient (Wildman–Crippen LogP) is 3.07. The van der Waals surface area contributed by atoms with E-state index in [1.807, 2.05) is 38.1 Å². The van der Waals surface area contributed by atoms with Crippen LogP contribution in [0.4, 0.5) is 5.69 Å². The summed E-state index contributed by atoms with van der Waals surface area (Å²) in [6.07, 6.45) is 4.38. The highest BCUT2D eigenvalue weighted by Crippen LogP contribution is 2.40. The first-order valence-corrected chi connectivity index (χ1v) is 12.7. The molecule has 1 saturated heterocycles. The number of amides is 2. The third-order valence-corrected chi connectivity index (χ3v) is 6.76. The number of nitrogens with zero attached hydrogens (tertiary/aromatic N) is 3. The molecule has 3 aromatic rings. The number of hydrogen-bond acceptors (Lipinski definition) is 5. The van der Waals surface area contributed by atoms with E-state index in [1.165, 1.54) is 4.57 Å². The van der Waals surface area contributed by atoms with Crippen molar-refractivity contribution in [3.63, 3.8) is 0 Å². The minimum Gasteiger partial charge on any atom is -0.348 e. The van der Waals surface area contributed by atoms with Gasteiger partial charge in [-0.2, -0.15) is 0 Å². The van der Waals surface area contributed by atoms with Crippen molar-refractivity contribution >= 4 is 28.5 Å². The molecule has 9 heteroatoms. The molecule has 1 aliphatic carbocycles. The van der Waals surface area contributed by atoms with Gasteiger partial charge in [-0.15, -0.1) is 0 Å². The molecular weight excluding hydrogens is 458 g/mol. The highest BCUT2D eigenvalue weighted by atomic mass is 16.2. The lowest BCUT2D eigenvalue weighted by Gasteiger charge is -2.27. The molecular formula is C27H31N5O4. The van der Waals surface area contributed by atoms with E-state index in [1.54, 1.807) is 11.0 Å². The van der Waals surface area contributed by atoms with Crippen LogP contribution in [-0.2, 0) is 17.9 Å². The molecule has 0 atom stereocenters. The van der Waals surface area contributed by atoms with Crippen molar-refractivity contribution in [2.24, 2.45) is 5.92 Å². The highest BCUT2D eigenvalue weighted by molar-refractivity contribution is 6.05. The molecule has 2 fully saturated rings. The maximum absolute atomic E-state index is 13.4. The van der Waals surface area contributed by atoms with Gasteiger partial charge in [0.25, 0.3) is 11.5 Å². The summed E-state index contributed by atoms with van der Waals surface area (Å²) in [4.78, 5) is 60.0. The Morgan fingerprint density at radius 2 is 1.97 bits per heavy atom. The van der Waals surface area contributed by atoms with Crippen LogP contribution in [0.5, 0.6) is 0 Å². The van der Waals surface area contributed by atoms with Gasteiger partial charge < -0.3 is 10.2 Å². The number of benzene rings is 1. The fourth-order valence-corrected chi connectivity index (χ4v) is 4.79. The lowest BCUT2D eigenvalue weighted by Crippen LogP contribution is -2.35. The monoisotopic (exact) mass is 489 g/mol. The van der Waals surface area contributed by atoms with E-state index >= 15 is 0 Å². The van der Waals surface area contributed by atoms with E-state index in [4.69, 9.17) is 0 Å². The van der Waals surface area contributed by atoms with Crippen molar-refractivity contribution in [1.82, 2.24) is 19.9 Å². The molecule has 0 radical (unpaired) electrons. The second-order valence-electron chi connectivity index (χ2n) is 10.2. The van der Waals surface area contributed by atoms with Gasteiger partial charge in [-0.25, -0.2) is 9.78 Å². The summed E-state index contributed by atoms with van der Waals surface area (Å²) in [5, 5.41) is 3.06. The summed E-state index contributed by atoms with van der Waals surface area (Å²) >= 11 is 0. The normalized spacial score (nSPS) is 16.1. The topological polar surface area (TPSA) is 117 Å². The SMILES string of the molecule is CC(C)Cn1c(=O)[nH]c(=O)c2c(C(=O)NCc3cccc(N4CCCCC4=O)c3)cc(C3CC3)nc21. The number of carbonyl (C=O) groups is 2. The Bertz CT molecular complexity index is 1450. The highest BCUT2D eigenvalue weighted by Gasteiger charge is 2.29. The van der Waals surface area contributed by atoms with Gasteiger partial charge in [0, 0.05) is 43.4 Å². The molecule has 5 rings (SSSR count). The van der Waals surface area contributed by atoms with Gasteiger partial charge in [0.05, 0.1) is 10.9 Å². The fourth-order valence-electron chi connectivity index (χ4n) is 4.79. The standard InChI is InChI=1S/C27H31N5O4/c1-16(2)15-32-24-23(26(35)30-27(32)36)20(13-21(29-24)18-9-10-18)25(34)28-14-17-6-5-7-19(12-17)31-11-4-3-8-22(31)33/h5-7,12-13,16,18H,3-4,8-11,14-15H2,1-2H3,(H,28,34)(H,30,35,36). The zero-order chi connectivity index (χ0) is 25.4. The molecule has 0 bridgehead atoms. The number of nitrogens with one attached hydrogen (secondary N) is 2. The van der Waals surface area contributed by atoms with E-state index in [0.29, 0.717) is 19.5 Å². The summed E-state index contributed by atoms with van der Waals surface area (Å²) in [5.41, 5.74) is 1.77. The molecule has 0 spiro atoms. The number of hydrogen-bond donors (Lipinski definition) is 2. The van der Waals surface area contributed by atoms with Gasteiger partial charge in [-0.3, -0.25) is 23.9 Å². The molecule has 0 unspecified atom stereocenters. The van der Waals surface area contributed by atoms with Gasteiger partial charge in [0.15, 0.2) is 5.65 Å². The zero-order valence-corrected chi connectivity index (χ0v) is 20.7. The van der Waals surface area contributed by atoms with Crippen LogP contribution in [0.25, 0.3) is 11.0 Å². The molecule has 1 aliphatic heterocycles. The molecule has 1 aromatic carbocycles. The van der Waals surface area contributed by atoms with Gasteiger partial charge in [0.1, 0.15) is 0 Å².